The first-order valence-corrected chi connectivity index (χ1v) is 7.50. The Kier molecular flexibility index (Phi) is 8.86. The minimum Gasteiger partial charge on any atom is -0.462 e. The molecule has 0 aliphatic rings. The fraction of sp³-hybridized carbons (Fsp3) is 0.600. The quantitative estimate of drug-likeness (QED) is 0.205. The van der Waals surface area contributed by atoms with Crippen molar-refractivity contribution in [3.05, 3.63) is 12.7 Å². The van der Waals surface area contributed by atoms with Crippen molar-refractivity contribution in [2.24, 2.45) is 0 Å². The highest BCUT2D eigenvalue weighted by Gasteiger charge is 2.11. The van der Waals surface area contributed by atoms with Gasteiger partial charge in [0.1, 0.15) is 0 Å². The van der Waals surface area contributed by atoms with Crippen LogP contribution < -0.4 is 10.6 Å². The van der Waals surface area contributed by atoms with Gasteiger partial charge in [-0.05, 0) is 12.8 Å². The van der Waals surface area contributed by atoms with Crippen LogP contribution in [0, 0.1) is 0 Å². The number of nitrogens with one attached hydrogen (secondary N) is 2. The van der Waals surface area contributed by atoms with Crippen molar-refractivity contribution in [1.82, 2.24) is 10.6 Å². The number of esters is 1. The van der Waals surface area contributed by atoms with Gasteiger partial charge in [-0.3, -0.25) is 4.57 Å². The molecule has 8 nitrogen and oxygen atoms in total. The Hall–Kier alpha value is -1.37. The predicted octanol–water partition coefficient (Wildman–Crippen LogP) is -0.0273. The molecule has 0 spiro atoms. The van der Waals surface area contributed by atoms with Crippen molar-refractivity contribution in [1.29, 1.82) is 0 Å². The van der Waals surface area contributed by atoms with Crippen LogP contribution in [0.15, 0.2) is 12.7 Å². The second-order valence-electron chi connectivity index (χ2n) is 3.65. The van der Waals surface area contributed by atoms with Gasteiger partial charge < -0.3 is 25.2 Å². The summed E-state index contributed by atoms with van der Waals surface area (Å²) in [6, 6.07) is -0.430. The number of ether oxygens (including phenoxy) is 1. The maximum absolute atomic E-state index is 11.2. The van der Waals surface area contributed by atoms with E-state index in [0.29, 0.717) is 13.0 Å². The fourth-order valence-electron chi connectivity index (χ4n) is 1.06. The van der Waals surface area contributed by atoms with Crippen LogP contribution in [0.25, 0.3) is 0 Å². The molecule has 0 aromatic heterocycles. The molecule has 0 aromatic rings. The molecule has 0 unspecified atom stereocenters. The van der Waals surface area contributed by atoms with Crippen molar-refractivity contribution in [2.45, 2.75) is 12.8 Å². The van der Waals surface area contributed by atoms with Gasteiger partial charge in [0.05, 0.1) is 12.8 Å². The van der Waals surface area contributed by atoms with Gasteiger partial charge in [-0.1, -0.05) is 6.58 Å². The number of hydrogen-bond donors (Lipinski definition) is 4. The van der Waals surface area contributed by atoms with Gasteiger partial charge in [-0.25, -0.2) is 9.59 Å². The zero-order valence-electron chi connectivity index (χ0n) is 10.5. The third-order valence-electron chi connectivity index (χ3n) is 1.93. The third kappa shape index (κ3) is 12.9. The molecule has 0 saturated heterocycles. The summed E-state index contributed by atoms with van der Waals surface area (Å²) in [6.07, 6.45) is 1.47. The van der Waals surface area contributed by atoms with E-state index in [1.54, 1.807) is 0 Å². The van der Waals surface area contributed by atoms with Crippen LogP contribution in [0.2, 0.25) is 0 Å². The van der Waals surface area contributed by atoms with Crippen molar-refractivity contribution >= 4 is 19.6 Å². The molecule has 9 heteroatoms. The van der Waals surface area contributed by atoms with Crippen molar-refractivity contribution < 1.29 is 28.7 Å². The Labute approximate surface area is 111 Å². The van der Waals surface area contributed by atoms with E-state index < -0.39 is 19.6 Å². The Morgan fingerprint density at radius 2 is 1.79 bits per heavy atom. The molecule has 0 saturated carbocycles. The molecule has 4 N–H and O–H groups in total. The van der Waals surface area contributed by atoms with Gasteiger partial charge in [0.2, 0.25) is 0 Å². The third-order valence-corrected chi connectivity index (χ3v) is 2.83. The van der Waals surface area contributed by atoms with Crippen LogP contribution in [0.5, 0.6) is 0 Å². The highest BCUT2D eigenvalue weighted by Crippen LogP contribution is 2.34. The lowest BCUT2D eigenvalue weighted by molar-refractivity contribution is -0.137. The van der Waals surface area contributed by atoms with E-state index in [2.05, 4.69) is 17.2 Å². The minimum atomic E-state index is -4.00. The summed E-state index contributed by atoms with van der Waals surface area (Å²) >= 11 is 0. The maximum atomic E-state index is 11.2. The van der Waals surface area contributed by atoms with Crippen LogP contribution in [0.1, 0.15) is 12.8 Å². The normalized spacial score (nSPS) is 10.6. The number of amides is 2. The van der Waals surface area contributed by atoms with Gasteiger partial charge >= 0.3 is 19.6 Å². The van der Waals surface area contributed by atoms with Gasteiger partial charge in [0.15, 0.2) is 0 Å². The molecule has 0 rings (SSSR count). The van der Waals surface area contributed by atoms with Crippen molar-refractivity contribution in [2.75, 3.05) is 25.9 Å². The van der Waals surface area contributed by atoms with Crippen LogP contribution in [0.4, 0.5) is 4.79 Å². The standard InChI is InChI=1S/C10H19N2O6P/c1-2-9(13)18-7-3-5-11-10(14)12-6-4-8-19(15,16)17/h2H,1,3-8H2,(H2,11,12,14)(H2,15,16,17). The van der Waals surface area contributed by atoms with Crippen LogP contribution in [0.3, 0.4) is 0 Å². The minimum absolute atomic E-state index is 0.183. The van der Waals surface area contributed by atoms with Crippen LogP contribution in [-0.2, 0) is 14.1 Å². The monoisotopic (exact) mass is 294 g/mol. The van der Waals surface area contributed by atoms with Crippen LogP contribution >= 0.6 is 7.60 Å². The average molecular weight is 294 g/mol. The summed E-state index contributed by atoms with van der Waals surface area (Å²) in [5.41, 5.74) is 0. The zero-order valence-corrected chi connectivity index (χ0v) is 11.4. The van der Waals surface area contributed by atoms with Crippen molar-refractivity contribution in [3.63, 3.8) is 0 Å². The predicted molar refractivity (Wildman–Crippen MR) is 68.7 cm³/mol. The first-order chi connectivity index (χ1) is 8.85. The molecule has 0 aromatic carbocycles. The first kappa shape index (κ1) is 17.6. The molecule has 0 bridgehead atoms. The smallest absolute Gasteiger partial charge is 0.330 e. The largest absolute Gasteiger partial charge is 0.462 e. The highest BCUT2D eigenvalue weighted by atomic mass is 31.2. The van der Waals surface area contributed by atoms with E-state index in [4.69, 9.17) is 14.5 Å². The molecule has 0 radical (unpaired) electrons. The average Bonchev–Trinajstić information content (AvgIpc) is 2.32. The molecule has 0 fully saturated rings. The fourth-order valence-corrected chi connectivity index (χ4v) is 1.63. The molecule has 110 valence electrons. The number of carbonyl (C=O) groups excluding carboxylic acids is 2. The number of rotatable bonds is 9. The van der Waals surface area contributed by atoms with E-state index in [0.717, 1.165) is 6.08 Å². The van der Waals surface area contributed by atoms with Gasteiger partial charge in [-0.2, -0.15) is 0 Å². The van der Waals surface area contributed by atoms with Gasteiger partial charge in [-0.15, -0.1) is 0 Å². The summed E-state index contributed by atoms with van der Waals surface area (Å²) in [5, 5.41) is 4.96. The second-order valence-corrected chi connectivity index (χ2v) is 5.43. The molecule has 0 heterocycles. The zero-order chi connectivity index (χ0) is 14.7. The van der Waals surface area contributed by atoms with Crippen LogP contribution in [-0.4, -0.2) is 47.6 Å². The van der Waals surface area contributed by atoms with E-state index in [1.807, 2.05) is 0 Å². The molecule has 0 aliphatic heterocycles. The lowest BCUT2D eigenvalue weighted by Crippen LogP contribution is -2.37. The first-order valence-electron chi connectivity index (χ1n) is 5.70. The number of hydrogen-bond acceptors (Lipinski definition) is 4. The number of urea groups is 1. The topological polar surface area (TPSA) is 125 Å². The highest BCUT2D eigenvalue weighted by molar-refractivity contribution is 7.51. The van der Waals surface area contributed by atoms with Crippen molar-refractivity contribution in [3.8, 4) is 0 Å². The van der Waals surface area contributed by atoms with Gasteiger partial charge in [0.25, 0.3) is 0 Å². The summed E-state index contributed by atoms with van der Waals surface area (Å²) in [6.45, 7) is 3.93. The van der Waals surface area contributed by atoms with E-state index in [9.17, 15) is 14.2 Å². The molecular weight excluding hydrogens is 275 g/mol. The Morgan fingerprint density at radius 1 is 1.21 bits per heavy atom. The molecular formula is C10H19N2O6P. The van der Waals surface area contributed by atoms with E-state index >= 15 is 0 Å². The van der Waals surface area contributed by atoms with Gasteiger partial charge in [0, 0.05) is 19.2 Å². The summed E-state index contributed by atoms with van der Waals surface area (Å²) in [5.74, 6) is -0.512. The Balaban J connectivity index is 3.42. The Bertz CT molecular complexity index is 354. The molecule has 0 aliphatic carbocycles. The molecule has 2 amide bonds. The second kappa shape index (κ2) is 9.55. The van der Waals surface area contributed by atoms with E-state index in [-0.39, 0.29) is 25.7 Å². The summed E-state index contributed by atoms with van der Waals surface area (Å²) in [4.78, 5) is 39.0. The summed E-state index contributed by atoms with van der Waals surface area (Å²) < 4.78 is 15.2. The molecule has 0 atom stereocenters. The number of carbonyl (C=O) groups is 2. The Morgan fingerprint density at radius 3 is 2.32 bits per heavy atom. The SMILES string of the molecule is C=CC(=O)OCCCNC(=O)NCCCP(=O)(O)O. The lowest BCUT2D eigenvalue weighted by atomic mass is 10.4. The van der Waals surface area contributed by atoms with E-state index in [1.165, 1.54) is 0 Å². The molecule has 19 heavy (non-hydrogen) atoms. The summed E-state index contributed by atoms with van der Waals surface area (Å²) in [7, 11) is -4.00. The lowest BCUT2D eigenvalue weighted by Gasteiger charge is -2.08. The maximum Gasteiger partial charge on any atom is 0.330 e.